The van der Waals surface area contributed by atoms with Crippen molar-refractivity contribution >= 4 is 0 Å². The zero-order valence-corrected chi connectivity index (χ0v) is 11.4. The average molecular weight is 264 g/mol. The minimum absolute atomic E-state index is 0.822. The van der Waals surface area contributed by atoms with Gasteiger partial charge in [0.2, 0.25) is 0 Å². The molecule has 1 heterocycles. The van der Waals surface area contributed by atoms with Crippen LogP contribution in [-0.2, 0) is 6.54 Å². The van der Waals surface area contributed by atoms with E-state index >= 15 is 0 Å². The van der Waals surface area contributed by atoms with Crippen molar-refractivity contribution in [3.05, 3.63) is 72.7 Å². The molecule has 0 atom stereocenters. The smallest absolute Gasteiger partial charge is 0.118 e. The van der Waals surface area contributed by atoms with E-state index in [1.165, 1.54) is 5.56 Å². The number of nitrogens with zero attached hydrogens (tertiary/aromatic N) is 2. The topological polar surface area (TPSA) is 27.1 Å². The molecule has 0 aliphatic carbocycles. The van der Waals surface area contributed by atoms with Gasteiger partial charge in [-0.05, 0) is 29.8 Å². The average Bonchev–Trinajstić information content (AvgIpc) is 2.96. The van der Waals surface area contributed by atoms with E-state index in [4.69, 9.17) is 4.74 Å². The highest BCUT2D eigenvalue weighted by molar-refractivity contribution is 5.60. The predicted molar refractivity (Wildman–Crippen MR) is 79.8 cm³/mol. The first-order valence-corrected chi connectivity index (χ1v) is 6.55. The van der Waals surface area contributed by atoms with Gasteiger partial charge in [0.15, 0.2) is 0 Å². The molecule has 3 aromatic rings. The van der Waals surface area contributed by atoms with Crippen LogP contribution in [0, 0.1) is 0 Å². The van der Waals surface area contributed by atoms with Crippen LogP contribution in [0.2, 0.25) is 0 Å². The third kappa shape index (κ3) is 2.57. The molecule has 0 fully saturated rings. The van der Waals surface area contributed by atoms with Crippen LogP contribution in [0.15, 0.2) is 67.1 Å². The summed E-state index contributed by atoms with van der Waals surface area (Å²) in [5.41, 5.74) is 3.51. The minimum Gasteiger partial charge on any atom is -0.497 e. The molecule has 0 aliphatic heterocycles. The van der Waals surface area contributed by atoms with E-state index in [0.29, 0.717) is 0 Å². The zero-order chi connectivity index (χ0) is 13.8. The molecular weight excluding hydrogens is 248 g/mol. The van der Waals surface area contributed by atoms with Gasteiger partial charge in [-0.25, -0.2) is 4.98 Å². The largest absolute Gasteiger partial charge is 0.497 e. The Hall–Kier alpha value is -2.55. The van der Waals surface area contributed by atoms with Crippen LogP contribution in [0.4, 0.5) is 0 Å². The third-order valence-electron chi connectivity index (χ3n) is 3.29. The van der Waals surface area contributed by atoms with Gasteiger partial charge >= 0.3 is 0 Å². The second-order valence-corrected chi connectivity index (χ2v) is 4.62. The van der Waals surface area contributed by atoms with Crippen LogP contribution >= 0.6 is 0 Å². The number of imidazole rings is 1. The molecule has 2 aromatic carbocycles. The highest BCUT2D eigenvalue weighted by atomic mass is 16.5. The van der Waals surface area contributed by atoms with Gasteiger partial charge in [0, 0.05) is 12.1 Å². The van der Waals surface area contributed by atoms with E-state index in [0.717, 1.165) is 23.6 Å². The maximum atomic E-state index is 5.19. The Kier molecular flexibility index (Phi) is 3.50. The second-order valence-electron chi connectivity index (χ2n) is 4.62. The van der Waals surface area contributed by atoms with Crippen LogP contribution in [-0.4, -0.2) is 16.7 Å². The molecule has 3 nitrogen and oxygen atoms in total. The summed E-state index contributed by atoms with van der Waals surface area (Å²) in [5, 5.41) is 0. The SMILES string of the molecule is COc1ccc(-c2cncn2Cc2ccccc2)cc1. The lowest BCUT2D eigenvalue weighted by Crippen LogP contribution is -2.00. The fourth-order valence-corrected chi connectivity index (χ4v) is 2.23. The number of rotatable bonds is 4. The highest BCUT2D eigenvalue weighted by Crippen LogP contribution is 2.22. The van der Waals surface area contributed by atoms with E-state index < -0.39 is 0 Å². The summed E-state index contributed by atoms with van der Waals surface area (Å²) in [6.07, 6.45) is 3.76. The molecule has 100 valence electrons. The highest BCUT2D eigenvalue weighted by Gasteiger charge is 2.05. The second kappa shape index (κ2) is 5.61. The van der Waals surface area contributed by atoms with Crippen molar-refractivity contribution in [1.29, 1.82) is 0 Å². The van der Waals surface area contributed by atoms with Gasteiger partial charge in [-0.3, -0.25) is 0 Å². The Morgan fingerprint density at radius 2 is 1.75 bits per heavy atom. The van der Waals surface area contributed by atoms with Gasteiger partial charge in [-0.2, -0.15) is 0 Å². The summed E-state index contributed by atoms with van der Waals surface area (Å²) in [4.78, 5) is 4.27. The Morgan fingerprint density at radius 1 is 1.00 bits per heavy atom. The Labute approximate surface area is 118 Å². The number of benzene rings is 2. The van der Waals surface area contributed by atoms with E-state index in [1.807, 2.05) is 30.7 Å². The van der Waals surface area contributed by atoms with Gasteiger partial charge in [0.05, 0.1) is 25.3 Å². The summed E-state index contributed by atoms with van der Waals surface area (Å²) < 4.78 is 7.34. The monoisotopic (exact) mass is 264 g/mol. The van der Waals surface area contributed by atoms with E-state index in [9.17, 15) is 0 Å². The van der Waals surface area contributed by atoms with Crippen LogP contribution in [0.1, 0.15) is 5.56 Å². The Bertz CT molecular complexity index is 672. The minimum atomic E-state index is 0.822. The van der Waals surface area contributed by atoms with Crippen LogP contribution < -0.4 is 4.74 Å². The maximum Gasteiger partial charge on any atom is 0.118 e. The number of hydrogen-bond acceptors (Lipinski definition) is 2. The summed E-state index contributed by atoms with van der Waals surface area (Å²) in [6.45, 7) is 0.822. The molecule has 3 heteroatoms. The van der Waals surface area contributed by atoms with Crippen LogP contribution in [0.5, 0.6) is 5.75 Å². The van der Waals surface area contributed by atoms with Crippen LogP contribution in [0.25, 0.3) is 11.3 Å². The first-order valence-electron chi connectivity index (χ1n) is 6.55. The number of hydrogen-bond donors (Lipinski definition) is 0. The maximum absolute atomic E-state index is 5.19. The van der Waals surface area contributed by atoms with Crippen molar-refractivity contribution in [2.24, 2.45) is 0 Å². The van der Waals surface area contributed by atoms with Gasteiger partial charge in [0.25, 0.3) is 0 Å². The Balaban J connectivity index is 1.89. The summed E-state index contributed by atoms with van der Waals surface area (Å²) in [7, 11) is 1.68. The molecule has 0 amide bonds. The van der Waals surface area contributed by atoms with Crippen molar-refractivity contribution in [2.75, 3.05) is 7.11 Å². The van der Waals surface area contributed by atoms with Crippen molar-refractivity contribution in [1.82, 2.24) is 9.55 Å². The molecule has 20 heavy (non-hydrogen) atoms. The fourth-order valence-electron chi connectivity index (χ4n) is 2.23. The fraction of sp³-hybridized carbons (Fsp3) is 0.118. The molecule has 1 aromatic heterocycles. The molecule has 0 saturated carbocycles. The predicted octanol–water partition coefficient (Wildman–Crippen LogP) is 3.61. The number of ether oxygens (including phenoxy) is 1. The van der Waals surface area contributed by atoms with E-state index in [-0.39, 0.29) is 0 Å². The van der Waals surface area contributed by atoms with E-state index in [1.54, 1.807) is 7.11 Å². The molecule has 0 spiro atoms. The standard InChI is InChI=1S/C17H16N2O/c1-20-16-9-7-15(8-10-16)17-11-18-13-19(17)12-14-5-3-2-4-6-14/h2-11,13H,12H2,1H3. The van der Waals surface area contributed by atoms with Crippen molar-refractivity contribution in [3.63, 3.8) is 0 Å². The van der Waals surface area contributed by atoms with Gasteiger partial charge in [-0.1, -0.05) is 30.3 Å². The summed E-state index contributed by atoms with van der Waals surface area (Å²) in [5.74, 6) is 0.864. The number of methoxy groups -OCH3 is 1. The lowest BCUT2D eigenvalue weighted by atomic mass is 10.1. The van der Waals surface area contributed by atoms with Crippen LogP contribution in [0.3, 0.4) is 0 Å². The lowest BCUT2D eigenvalue weighted by Gasteiger charge is -2.09. The lowest BCUT2D eigenvalue weighted by molar-refractivity contribution is 0.415. The van der Waals surface area contributed by atoms with Crippen molar-refractivity contribution in [2.45, 2.75) is 6.54 Å². The van der Waals surface area contributed by atoms with Crippen molar-refractivity contribution < 1.29 is 4.74 Å². The molecule has 0 saturated heterocycles. The number of aromatic nitrogens is 2. The summed E-state index contributed by atoms with van der Waals surface area (Å²) in [6, 6.07) is 18.4. The zero-order valence-electron chi connectivity index (χ0n) is 11.4. The van der Waals surface area contributed by atoms with E-state index in [2.05, 4.69) is 45.9 Å². The molecule has 0 bridgehead atoms. The normalized spacial score (nSPS) is 10.4. The van der Waals surface area contributed by atoms with Gasteiger partial charge in [0.1, 0.15) is 5.75 Å². The van der Waals surface area contributed by atoms with Gasteiger partial charge < -0.3 is 9.30 Å². The molecule has 0 radical (unpaired) electrons. The molecule has 0 unspecified atom stereocenters. The molecule has 0 N–H and O–H groups in total. The van der Waals surface area contributed by atoms with Gasteiger partial charge in [-0.15, -0.1) is 0 Å². The summed E-state index contributed by atoms with van der Waals surface area (Å²) >= 11 is 0. The molecule has 3 rings (SSSR count). The first-order chi connectivity index (χ1) is 9.86. The quantitative estimate of drug-likeness (QED) is 0.720. The molecule has 0 aliphatic rings. The third-order valence-corrected chi connectivity index (χ3v) is 3.29. The Morgan fingerprint density at radius 3 is 2.45 bits per heavy atom. The first kappa shape index (κ1) is 12.5. The van der Waals surface area contributed by atoms with Crippen molar-refractivity contribution in [3.8, 4) is 17.0 Å². The molecular formula is C17H16N2O.